The number of aliphatic imine (C=N–C) groups is 1. The van der Waals surface area contributed by atoms with Gasteiger partial charge in [0.2, 0.25) is 0 Å². The molecule has 0 heterocycles. The third-order valence-electron chi connectivity index (χ3n) is 4.16. The molecule has 2 rings (SSSR count). The topological polar surface area (TPSA) is 84.3 Å². The Morgan fingerprint density at radius 3 is 2.29 bits per heavy atom. The Morgan fingerprint density at radius 1 is 1.06 bits per heavy atom. The SMILES string of the molecule is CCNC(=NCc1ccccc1OC(F)F)NCC(O)c1cc(OC)cc(OC)c1.I. The Labute approximate surface area is 197 Å². The fraction of sp³-hybridized carbons (Fsp3) is 0.381. The second-order valence-corrected chi connectivity index (χ2v) is 6.22. The third-order valence-corrected chi connectivity index (χ3v) is 4.16. The van der Waals surface area contributed by atoms with Gasteiger partial charge in [0.05, 0.1) is 26.9 Å². The molecule has 7 nitrogen and oxygen atoms in total. The molecule has 0 aliphatic heterocycles. The Balaban J connectivity index is 0.00000480. The van der Waals surface area contributed by atoms with Crippen molar-refractivity contribution in [2.24, 2.45) is 4.99 Å². The molecular weight excluding hydrogens is 523 g/mol. The van der Waals surface area contributed by atoms with Gasteiger partial charge in [0, 0.05) is 24.7 Å². The lowest BCUT2D eigenvalue weighted by Crippen LogP contribution is -2.39. The molecule has 0 fully saturated rings. The normalized spacial score (nSPS) is 12.0. The zero-order valence-corrected chi connectivity index (χ0v) is 19.9. The van der Waals surface area contributed by atoms with Crippen molar-refractivity contribution < 1.29 is 28.1 Å². The Kier molecular flexibility index (Phi) is 11.9. The number of ether oxygens (including phenoxy) is 3. The summed E-state index contributed by atoms with van der Waals surface area (Å²) in [6.45, 7) is -0.131. The van der Waals surface area contributed by atoms with Gasteiger partial charge in [0.15, 0.2) is 5.96 Å². The van der Waals surface area contributed by atoms with Gasteiger partial charge in [-0.15, -0.1) is 24.0 Å². The van der Waals surface area contributed by atoms with Crippen LogP contribution in [0.5, 0.6) is 17.2 Å². The highest BCUT2D eigenvalue weighted by molar-refractivity contribution is 14.0. The van der Waals surface area contributed by atoms with Gasteiger partial charge < -0.3 is 30.0 Å². The molecule has 0 bridgehead atoms. The minimum Gasteiger partial charge on any atom is -0.497 e. The van der Waals surface area contributed by atoms with E-state index in [-0.39, 0.29) is 42.8 Å². The van der Waals surface area contributed by atoms with E-state index < -0.39 is 12.7 Å². The molecule has 0 amide bonds. The molecule has 0 spiro atoms. The summed E-state index contributed by atoms with van der Waals surface area (Å²) >= 11 is 0. The monoisotopic (exact) mass is 551 g/mol. The average molecular weight is 551 g/mol. The van der Waals surface area contributed by atoms with Crippen molar-refractivity contribution in [3.05, 3.63) is 53.6 Å². The number of hydrogen-bond acceptors (Lipinski definition) is 5. The number of hydrogen-bond donors (Lipinski definition) is 3. The average Bonchev–Trinajstić information content (AvgIpc) is 2.75. The van der Waals surface area contributed by atoms with Crippen LogP contribution in [-0.4, -0.2) is 45.0 Å². The molecule has 0 saturated heterocycles. The van der Waals surface area contributed by atoms with Gasteiger partial charge in [-0.3, -0.25) is 0 Å². The first-order valence-corrected chi connectivity index (χ1v) is 9.42. The van der Waals surface area contributed by atoms with E-state index in [4.69, 9.17) is 9.47 Å². The number of guanidine groups is 1. The number of nitrogens with one attached hydrogen (secondary N) is 2. The minimum atomic E-state index is -2.91. The molecule has 2 aromatic rings. The summed E-state index contributed by atoms with van der Waals surface area (Å²) in [7, 11) is 3.07. The van der Waals surface area contributed by atoms with Gasteiger partial charge in [-0.2, -0.15) is 8.78 Å². The van der Waals surface area contributed by atoms with Gasteiger partial charge >= 0.3 is 6.61 Å². The van der Waals surface area contributed by atoms with E-state index in [2.05, 4.69) is 20.4 Å². The second-order valence-electron chi connectivity index (χ2n) is 6.22. The third kappa shape index (κ3) is 8.74. The summed E-state index contributed by atoms with van der Waals surface area (Å²) in [6.07, 6.45) is -0.854. The number of alkyl halides is 2. The van der Waals surface area contributed by atoms with Gasteiger partial charge in [-0.25, -0.2) is 4.99 Å². The second kappa shape index (κ2) is 13.9. The van der Waals surface area contributed by atoms with Crippen molar-refractivity contribution >= 4 is 29.9 Å². The molecule has 31 heavy (non-hydrogen) atoms. The summed E-state index contributed by atoms with van der Waals surface area (Å²) in [5.41, 5.74) is 1.14. The molecule has 2 aromatic carbocycles. The molecule has 172 valence electrons. The number of halogens is 3. The highest BCUT2D eigenvalue weighted by Gasteiger charge is 2.13. The highest BCUT2D eigenvalue weighted by Crippen LogP contribution is 2.26. The molecule has 10 heteroatoms. The highest BCUT2D eigenvalue weighted by atomic mass is 127. The lowest BCUT2D eigenvalue weighted by atomic mass is 10.1. The fourth-order valence-electron chi connectivity index (χ4n) is 2.68. The Bertz CT molecular complexity index is 818. The summed E-state index contributed by atoms with van der Waals surface area (Å²) in [4.78, 5) is 4.39. The van der Waals surface area contributed by atoms with Crippen molar-refractivity contribution in [2.75, 3.05) is 27.3 Å². The summed E-state index contributed by atoms with van der Waals surface area (Å²) in [5, 5.41) is 16.6. The Hall–Kier alpha value is -2.34. The van der Waals surface area contributed by atoms with E-state index in [1.165, 1.54) is 20.3 Å². The van der Waals surface area contributed by atoms with Gasteiger partial charge in [0.1, 0.15) is 17.2 Å². The number of nitrogens with zero attached hydrogens (tertiary/aromatic N) is 1. The smallest absolute Gasteiger partial charge is 0.387 e. The summed E-state index contributed by atoms with van der Waals surface area (Å²) < 4.78 is 40.1. The molecule has 3 N–H and O–H groups in total. The van der Waals surface area contributed by atoms with Crippen LogP contribution in [0.25, 0.3) is 0 Å². The fourth-order valence-corrected chi connectivity index (χ4v) is 2.68. The lowest BCUT2D eigenvalue weighted by molar-refractivity contribution is -0.0504. The van der Waals surface area contributed by atoms with E-state index >= 15 is 0 Å². The van der Waals surface area contributed by atoms with Crippen LogP contribution in [0, 0.1) is 0 Å². The molecule has 0 aliphatic carbocycles. The van der Waals surface area contributed by atoms with Crippen molar-refractivity contribution in [3.8, 4) is 17.2 Å². The Morgan fingerprint density at radius 2 is 1.71 bits per heavy atom. The number of para-hydroxylation sites is 1. The van der Waals surface area contributed by atoms with E-state index in [9.17, 15) is 13.9 Å². The van der Waals surface area contributed by atoms with Crippen LogP contribution in [0.4, 0.5) is 8.78 Å². The number of aliphatic hydroxyl groups excluding tert-OH is 1. The number of rotatable bonds is 10. The number of aliphatic hydroxyl groups is 1. The predicted octanol–water partition coefficient (Wildman–Crippen LogP) is 3.71. The van der Waals surface area contributed by atoms with Crippen molar-refractivity contribution in [3.63, 3.8) is 0 Å². The maximum Gasteiger partial charge on any atom is 0.387 e. The van der Waals surface area contributed by atoms with Gasteiger partial charge in [-0.05, 0) is 30.7 Å². The summed E-state index contributed by atoms with van der Waals surface area (Å²) in [5.74, 6) is 1.65. The van der Waals surface area contributed by atoms with Gasteiger partial charge in [0.25, 0.3) is 0 Å². The van der Waals surface area contributed by atoms with Gasteiger partial charge in [-0.1, -0.05) is 18.2 Å². The lowest BCUT2D eigenvalue weighted by Gasteiger charge is -2.17. The minimum absolute atomic E-state index is 0. The van der Waals surface area contributed by atoms with Crippen molar-refractivity contribution in [1.29, 1.82) is 0 Å². The molecule has 0 radical (unpaired) electrons. The van der Waals surface area contributed by atoms with Crippen LogP contribution in [0.2, 0.25) is 0 Å². The van der Waals surface area contributed by atoms with Crippen LogP contribution < -0.4 is 24.8 Å². The number of benzene rings is 2. The maximum absolute atomic E-state index is 12.6. The van der Waals surface area contributed by atoms with Crippen LogP contribution in [-0.2, 0) is 6.54 Å². The van der Waals surface area contributed by atoms with E-state index in [1.54, 1.807) is 36.4 Å². The maximum atomic E-state index is 12.6. The zero-order valence-electron chi connectivity index (χ0n) is 17.6. The molecular formula is C21H28F2IN3O4. The van der Waals surface area contributed by atoms with E-state index in [0.29, 0.717) is 35.1 Å². The van der Waals surface area contributed by atoms with Crippen LogP contribution in [0.3, 0.4) is 0 Å². The van der Waals surface area contributed by atoms with Crippen LogP contribution >= 0.6 is 24.0 Å². The first kappa shape index (κ1) is 26.7. The first-order valence-electron chi connectivity index (χ1n) is 9.42. The largest absolute Gasteiger partial charge is 0.497 e. The quantitative estimate of drug-likeness (QED) is 0.237. The van der Waals surface area contributed by atoms with Crippen molar-refractivity contribution in [1.82, 2.24) is 10.6 Å². The van der Waals surface area contributed by atoms with Crippen molar-refractivity contribution in [2.45, 2.75) is 26.2 Å². The summed E-state index contributed by atoms with van der Waals surface area (Å²) in [6, 6.07) is 11.6. The predicted molar refractivity (Wildman–Crippen MR) is 126 cm³/mol. The van der Waals surface area contributed by atoms with Crippen LogP contribution in [0.1, 0.15) is 24.2 Å². The molecule has 0 aliphatic rings. The van der Waals surface area contributed by atoms with Crippen LogP contribution in [0.15, 0.2) is 47.5 Å². The van der Waals surface area contributed by atoms with E-state index in [0.717, 1.165) is 0 Å². The molecule has 0 saturated carbocycles. The van der Waals surface area contributed by atoms with E-state index in [1.807, 2.05) is 6.92 Å². The number of methoxy groups -OCH3 is 2. The standard InChI is InChI=1S/C21H27F2N3O4.HI/c1-4-24-21(25-12-14-7-5-6-8-19(14)30-20(22)23)26-13-18(27)15-9-16(28-2)11-17(10-15)29-3;/h5-11,18,20,27H,4,12-13H2,1-3H3,(H2,24,25,26);1H. The first-order chi connectivity index (χ1) is 14.5. The molecule has 1 unspecified atom stereocenters. The molecule has 0 aromatic heterocycles. The molecule has 1 atom stereocenters. The zero-order chi connectivity index (χ0) is 21.9.